The van der Waals surface area contributed by atoms with Gasteiger partial charge in [-0.3, -0.25) is 86.6 Å². The second-order valence-corrected chi connectivity index (χ2v) is 29.1. The van der Waals surface area contributed by atoms with E-state index in [2.05, 4.69) is 6.58 Å². The van der Waals surface area contributed by atoms with E-state index in [1.54, 1.807) is 48.5 Å². The van der Waals surface area contributed by atoms with Crippen LogP contribution in [0.1, 0.15) is 174 Å². The lowest BCUT2D eigenvalue weighted by Gasteiger charge is -2.26. The lowest BCUT2D eigenvalue weighted by molar-refractivity contribution is -0.190. The molecule has 10 aromatic rings. The van der Waals surface area contributed by atoms with Gasteiger partial charge in [0.15, 0.2) is 0 Å². The number of imide groups is 6. The summed E-state index contributed by atoms with van der Waals surface area (Å²) in [6.07, 6.45) is 8.75. The molecule has 6 aliphatic heterocycles. The summed E-state index contributed by atoms with van der Waals surface area (Å²) in [5, 5.41) is 6.72. The van der Waals surface area contributed by atoms with Crippen molar-refractivity contribution >= 4 is 92.8 Å². The van der Waals surface area contributed by atoms with E-state index in [0.717, 1.165) is 105 Å². The molecule has 0 N–H and O–H groups in total. The fourth-order valence-corrected chi connectivity index (χ4v) is 13.4. The highest BCUT2D eigenvalue weighted by Gasteiger charge is 2.43. The molecule has 0 saturated carbocycles. The number of hydrogen-bond acceptors (Lipinski definition) is 18. The van der Waals surface area contributed by atoms with E-state index in [9.17, 15) is 57.5 Å². The normalized spacial score (nSPS) is 14.9. The third-order valence-corrected chi connectivity index (χ3v) is 19.9. The summed E-state index contributed by atoms with van der Waals surface area (Å²) in [4.78, 5) is 178. The Morgan fingerprint density at radius 1 is 0.306 bits per heavy atom. The summed E-state index contributed by atoms with van der Waals surface area (Å²) in [7, 11) is 0. The Bertz CT molecular complexity index is 5600. The molecule has 121 heavy (non-hydrogen) atoms. The first-order valence-electron chi connectivity index (χ1n) is 39.3. The zero-order chi connectivity index (χ0) is 86.0. The van der Waals surface area contributed by atoms with E-state index in [1.165, 1.54) is 17.7 Å². The molecule has 7 aliphatic rings. The number of hydrogen-bond donors (Lipinski definition) is 0. The van der Waals surface area contributed by atoms with Gasteiger partial charge < -0.3 is 0 Å². The first kappa shape index (κ1) is 86.4. The Morgan fingerprint density at radius 2 is 0.620 bits per heavy atom. The van der Waals surface area contributed by atoms with Crippen molar-refractivity contribution in [2.75, 3.05) is 13.2 Å². The van der Waals surface area contributed by atoms with Crippen molar-refractivity contribution in [3.05, 3.63) is 367 Å². The van der Waals surface area contributed by atoms with Gasteiger partial charge in [0, 0.05) is 28.7 Å². The molecule has 1 aliphatic carbocycles. The maximum Gasteiger partial charge on any atom is 0.286 e. The molecule has 0 aromatic heterocycles. The number of nitrogens with zero attached hydrogens (tertiary/aromatic N) is 6. The second-order valence-electron chi connectivity index (χ2n) is 29.1. The minimum Gasteiger partial charge on any atom is -0.267 e. The Morgan fingerprint density at radius 3 is 0.983 bits per heavy atom. The van der Waals surface area contributed by atoms with Gasteiger partial charge in [0.2, 0.25) is 0 Å². The monoisotopic (exact) mass is 1620 g/mol. The highest BCUT2D eigenvalue weighted by molar-refractivity contribution is 6.48. The minimum absolute atomic E-state index is 0.141. The van der Waals surface area contributed by atoms with Crippen molar-refractivity contribution < 1.29 is 86.6 Å². The molecule has 0 atom stereocenters. The van der Waals surface area contributed by atoms with Crippen molar-refractivity contribution in [2.45, 2.75) is 113 Å². The largest absolute Gasteiger partial charge is 0.286 e. The number of fused-ring (bicyclic) bond motifs is 2. The Labute approximate surface area is 699 Å². The summed E-state index contributed by atoms with van der Waals surface area (Å²) in [6.45, 7) is 18.6. The maximum atomic E-state index is 13.1. The Kier molecular flexibility index (Phi) is 28.5. The van der Waals surface area contributed by atoms with Gasteiger partial charge in [0.1, 0.15) is 26.4 Å². The predicted octanol–water partition coefficient (Wildman–Crippen LogP) is 16.3. The molecule has 0 radical (unpaired) electrons. The molecule has 0 bridgehead atoms. The quantitative estimate of drug-likeness (QED) is 0.0367. The zero-order valence-electron chi connectivity index (χ0n) is 67.9. The Balaban J connectivity index is 0.000000135. The van der Waals surface area contributed by atoms with Gasteiger partial charge in [-0.05, 0) is 155 Å². The van der Waals surface area contributed by atoms with Gasteiger partial charge in [-0.25, -0.2) is 0 Å². The lowest BCUT2D eigenvalue weighted by Crippen LogP contribution is -2.40. The number of carbonyl (C=O) groups is 12. The number of amides is 12. The number of benzene rings is 10. The number of aryl methyl sites for hydroxylation is 6. The van der Waals surface area contributed by atoms with Crippen LogP contribution in [-0.4, -0.2) is 114 Å². The van der Waals surface area contributed by atoms with Crippen molar-refractivity contribution in [2.24, 2.45) is 0 Å². The minimum atomic E-state index is -0.442. The fourth-order valence-electron chi connectivity index (χ4n) is 13.4. The summed E-state index contributed by atoms with van der Waals surface area (Å²) in [6, 6.07) is 70.7. The van der Waals surface area contributed by atoms with Crippen LogP contribution < -0.4 is 0 Å². The average molecular weight is 1630 g/mol. The number of rotatable bonds is 21. The molecule has 24 nitrogen and oxygen atoms in total. The standard InChI is InChI=1S/C24H19NO3.C20H15NO3.C16H17NO3.C13H13NO3.C12H11NO3.C12H13NO3/c1-17-12-14-18(15-13-17)16-28-25-23(26)21(19-8-4-2-5-9-19)22(24(25)27)20-10-6-3-7-11-20;1-13-8-10-14(11-9-13)12-24-21-19(22)16-6-2-4-15-5-3-7-17(18(15)16)20(21)23;1-11-6-8-12(9-7-11)10-20-17-15(18)13-4-2-3-5-14(13)16(17)19;1-3-4-7-17-14-12(15)10-6-5-9(2)8-11(10)13(14)16;1-9-2-4-10(5-3-9)8-16-13-11(14)6-7-12(13)15;1-3-6-16-13-11(14)9-5-4-8(2)7-10(9)12(13)15/h2-15H,16H2,1H3;2-11H,12H2,1H3;6-9H,2-5,10H2,1H3;3,5-6,8H,1,4,7H2,2H3;2-7H,8H2,1H3;4-5,7H,3,6H2,1-2H3. The average Bonchev–Trinajstić information content (AvgIpc) is 1.75. The van der Waals surface area contributed by atoms with Crippen LogP contribution >= 0.6 is 0 Å². The van der Waals surface area contributed by atoms with Gasteiger partial charge in [-0.1, -0.05) is 241 Å². The smallest absolute Gasteiger partial charge is 0.267 e. The van der Waals surface area contributed by atoms with Crippen LogP contribution in [0.5, 0.6) is 0 Å². The highest BCUT2D eigenvalue weighted by atomic mass is 16.7. The summed E-state index contributed by atoms with van der Waals surface area (Å²) < 4.78 is 0. The first-order valence-corrected chi connectivity index (χ1v) is 39.3. The molecule has 10 aromatic carbocycles. The summed E-state index contributed by atoms with van der Waals surface area (Å²) >= 11 is 0. The van der Waals surface area contributed by atoms with E-state index >= 15 is 0 Å². The van der Waals surface area contributed by atoms with Gasteiger partial charge in [-0.2, -0.15) is 0 Å². The fraction of sp³-hybridized carbons (Fsp3) is 0.196. The van der Waals surface area contributed by atoms with Crippen LogP contribution in [-0.2, 0) is 84.2 Å². The molecular formula is C97H88N6O18. The van der Waals surface area contributed by atoms with Crippen molar-refractivity contribution in [1.29, 1.82) is 0 Å². The molecule has 0 unspecified atom stereocenters. The molecule has 0 spiro atoms. The molecule has 0 saturated heterocycles. The van der Waals surface area contributed by atoms with E-state index in [-0.39, 0.29) is 56.7 Å². The zero-order valence-corrected chi connectivity index (χ0v) is 67.9. The molecule has 24 heteroatoms. The third-order valence-electron chi connectivity index (χ3n) is 19.9. The molecular weight excluding hydrogens is 1540 g/mol. The number of carbonyl (C=O) groups excluding carboxylic acids is 12. The van der Waals surface area contributed by atoms with Crippen LogP contribution in [0.4, 0.5) is 0 Å². The highest BCUT2D eigenvalue weighted by Crippen LogP contribution is 2.38. The second kappa shape index (κ2) is 40.0. The van der Waals surface area contributed by atoms with Crippen LogP contribution in [0.3, 0.4) is 0 Å². The van der Waals surface area contributed by atoms with Gasteiger partial charge in [-0.15, -0.1) is 37.0 Å². The first-order chi connectivity index (χ1) is 58.4. The van der Waals surface area contributed by atoms with E-state index in [0.29, 0.717) is 98.1 Å². The SMILES string of the molecule is C=CCCON1C(=O)c2ccc(C)cc2C1=O.CCCON1C(=O)c2ccc(C)cc2C1=O.Cc1ccc(CON2C(=O)C(c3ccccc3)=C(c3ccccc3)C2=O)cc1.Cc1ccc(CON2C(=O)C3=C(CCCC3)C2=O)cc1.Cc1ccc(CON2C(=O)C=CC2=O)cc1.Cc1ccc(CON2C(=O)c3cccc4cccc(c34)C2=O)cc1. The molecule has 17 rings (SSSR count). The molecule has 12 amide bonds. The molecule has 0 fully saturated rings. The summed E-state index contributed by atoms with van der Waals surface area (Å²) in [5.74, 6) is -4.64. The van der Waals surface area contributed by atoms with E-state index < -0.39 is 47.3 Å². The maximum absolute atomic E-state index is 13.1. The summed E-state index contributed by atoms with van der Waals surface area (Å²) in [5.41, 5.74) is 16.2. The number of hydroxylamine groups is 12. The Hall–Kier alpha value is -14.0. The van der Waals surface area contributed by atoms with Crippen LogP contribution in [0, 0.1) is 41.5 Å². The van der Waals surface area contributed by atoms with Crippen molar-refractivity contribution in [1.82, 2.24) is 30.4 Å². The predicted molar refractivity (Wildman–Crippen MR) is 449 cm³/mol. The van der Waals surface area contributed by atoms with Crippen molar-refractivity contribution in [3.8, 4) is 0 Å². The van der Waals surface area contributed by atoms with E-state index in [1.807, 2.05) is 237 Å². The topological polar surface area (TPSA) is 280 Å². The van der Waals surface area contributed by atoms with Gasteiger partial charge >= 0.3 is 0 Å². The van der Waals surface area contributed by atoms with Crippen LogP contribution in [0.2, 0.25) is 0 Å². The molecule has 614 valence electrons. The van der Waals surface area contributed by atoms with Gasteiger partial charge in [0.25, 0.3) is 70.9 Å². The lowest BCUT2D eigenvalue weighted by atomic mass is 9.93. The van der Waals surface area contributed by atoms with Gasteiger partial charge in [0.05, 0.1) is 57.7 Å². The van der Waals surface area contributed by atoms with E-state index in [4.69, 9.17) is 29.0 Å². The molecule has 6 heterocycles. The third kappa shape index (κ3) is 20.4. The van der Waals surface area contributed by atoms with Crippen LogP contribution in [0.15, 0.2) is 266 Å². The van der Waals surface area contributed by atoms with Crippen molar-refractivity contribution in [3.63, 3.8) is 0 Å². The van der Waals surface area contributed by atoms with Crippen LogP contribution in [0.25, 0.3) is 21.9 Å².